The molecule has 0 bridgehead atoms. The summed E-state index contributed by atoms with van der Waals surface area (Å²) in [6.07, 6.45) is 4.43. The summed E-state index contributed by atoms with van der Waals surface area (Å²) < 4.78 is 0.948. The first-order chi connectivity index (χ1) is 10.1. The number of halogens is 1. The number of hydrogen-bond acceptors (Lipinski definition) is 3. The zero-order chi connectivity index (χ0) is 15.4. The molecule has 2 atom stereocenters. The lowest BCUT2D eigenvalue weighted by atomic mass is 9.83. The molecule has 1 aliphatic rings. The Morgan fingerprint density at radius 3 is 2.81 bits per heavy atom. The van der Waals surface area contributed by atoms with Crippen LogP contribution in [0.3, 0.4) is 0 Å². The van der Waals surface area contributed by atoms with Gasteiger partial charge in [-0.25, -0.2) is 0 Å². The van der Waals surface area contributed by atoms with Gasteiger partial charge in [0.05, 0.1) is 5.56 Å². The molecule has 1 aromatic rings. The van der Waals surface area contributed by atoms with Crippen LogP contribution in [-0.4, -0.2) is 35.0 Å². The number of aromatic hydroxyl groups is 1. The van der Waals surface area contributed by atoms with Crippen LogP contribution in [0, 0.1) is 9.49 Å². The van der Waals surface area contributed by atoms with Gasteiger partial charge in [-0.2, -0.15) is 0 Å². The first-order valence-corrected chi connectivity index (χ1v) is 8.65. The van der Waals surface area contributed by atoms with Gasteiger partial charge in [0.15, 0.2) is 0 Å². The molecule has 0 spiro atoms. The van der Waals surface area contributed by atoms with Crippen molar-refractivity contribution in [3.63, 3.8) is 0 Å². The van der Waals surface area contributed by atoms with Crippen LogP contribution in [-0.2, 0) is 0 Å². The lowest BCUT2D eigenvalue weighted by molar-refractivity contribution is 0.0557. The normalized spacial score (nSPS) is 22.0. The maximum Gasteiger partial charge on any atom is 0.257 e. The van der Waals surface area contributed by atoms with Crippen molar-refractivity contribution in [1.82, 2.24) is 4.90 Å². The summed E-state index contributed by atoms with van der Waals surface area (Å²) in [7, 11) is 0. The third-order valence-corrected chi connectivity index (χ3v) is 5.03. The van der Waals surface area contributed by atoms with E-state index in [2.05, 4.69) is 22.6 Å². The first-order valence-electron chi connectivity index (χ1n) is 7.58. The van der Waals surface area contributed by atoms with Crippen molar-refractivity contribution in [1.29, 1.82) is 0 Å². The molecule has 1 amide bonds. The number of benzene rings is 1. The van der Waals surface area contributed by atoms with Gasteiger partial charge in [-0.05, 0) is 73.0 Å². The minimum atomic E-state index is -0.0844. The van der Waals surface area contributed by atoms with Crippen LogP contribution >= 0.6 is 22.6 Å². The predicted octanol–water partition coefficient (Wildman–Crippen LogP) is 2.98. The van der Waals surface area contributed by atoms with Crippen LogP contribution in [0.5, 0.6) is 5.75 Å². The molecular formula is C16H23IN2O2. The summed E-state index contributed by atoms with van der Waals surface area (Å²) in [6.45, 7) is 3.25. The van der Waals surface area contributed by atoms with Crippen LogP contribution in [0.1, 0.15) is 43.0 Å². The standard InChI is InChI=1S/C16H23IN2O2/c1-2-19(14-6-4-3-5-11(14)10-18)16(21)13-9-12(17)7-8-15(13)20/h7-9,11,14,20H,2-6,10,18H2,1H3. The zero-order valence-corrected chi connectivity index (χ0v) is 14.5. The van der Waals surface area contributed by atoms with Crippen molar-refractivity contribution in [2.75, 3.05) is 13.1 Å². The number of phenols is 1. The molecule has 0 radical (unpaired) electrons. The average molecular weight is 402 g/mol. The van der Waals surface area contributed by atoms with E-state index in [0.717, 1.165) is 22.8 Å². The maximum absolute atomic E-state index is 12.8. The molecule has 2 unspecified atom stereocenters. The molecule has 0 heterocycles. The van der Waals surface area contributed by atoms with Crippen LogP contribution in [0.15, 0.2) is 18.2 Å². The Labute approximate surface area is 139 Å². The van der Waals surface area contributed by atoms with Gasteiger partial charge >= 0.3 is 0 Å². The van der Waals surface area contributed by atoms with Crippen molar-refractivity contribution in [2.24, 2.45) is 11.7 Å². The van der Waals surface area contributed by atoms with E-state index in [1.54, 1.807) is 18.2 Å². The Morgan fingerprint density at radius 2 is 2.14 bits per heavy atom. The second-order valence-electron chi connectivity index (χ2n) is 5.60. The van der Waals surface area contributed by atoms with E-state index in [1.165, 1.54) is 6.42 Å². The number of phenolic OH excluding ortho intramolecular Hbond substituents is 1. The highest BCUT2D eigenvalue weighted by molar-refractivity contribution is 14.1. The lowest BCUT2D eigenvalue weighted by Crippen LogP contribution is -2.48. The quantitative estimate of drug-likeness (QED) is 0.762. The van der Waals surface area contributed by atoms with Crippen LogP contribution in [0.25, 0.3) is 0 Å². The Balaban J connectivity index is 2.27. The van der Waals surface area contributed by atoms with E-state index >= 15 is 0 Å². The van der Waals surface area contributed by atoms with E-state index in [1.807, 2.05) is 11.8 Å². The molecule has 4 nitrogen and oxygen atoms in total. The smallest absolute Gasteiger partial charge is 0.257 e. The van der Waals surface area contributed by atoms with Gasteiger partial charge < -0.3 is 15.7 Å². The summed E-state index contributed by atoms with van der Waals surface area (Å²) in [5.74, 6) is 0.338. The SMILES string of the molecule is CCN(C(=O)c1cc(I)ccc1O)C1CCCCC1CN. The molecule has 0 aromatic heterocycles. The largest absolute Gasteiger partial charge is 0.507 e. The van der Waals surface area contributed by atoms with Gasteiger partial charge in [0.25, 0.3) is 5.91 Å². The number of hydrogen-bond donors (Lipinski definition) is 2. The second-order valence-corrected chi connectivity index (χ2v) is 6.85. The van der Waals surface area contributed by atoms with E-state index in [4.69, 9.17) is 5.73 Å². The number of carbonyl (C=O) groups is 1. The molecule has 0 saturated heterocycles. The van der Waals surface area contributed by atoms with E-state index < -0.39 is 0 Å². The number of nitrogens with zero attached hydrogens (tertiary/aromatic N) is 1. The molecule has 1 aromatic carbocycles. The maximum atomic E-state index is 12.8. The van der Waals surface area contributed by atoms with Crippen molar-refractivity contribution < 1.29 is 9.90 Å². The highest BCUT2D eigenvalue weighted by Crippen LogP contribution is 2.30. The molecule has 5 heteroatoms. The molecule has 1 saturated carbocycles. The van der Waals surface area contributed by atoms with Crippen molar-refractivity contribution in [2.45, 2.75) is 38.6 Å². The minimum Gasteiger partial charge on any atom is -0.507 e. The average Bonchev–Trinajstić information content (AvgIpc) is 2.50. The summed E-state index contributed by atoms with van der Waals surface area (Å²) in [6, 6.07) is 5.33. The number of rotatable bonds is 4. The lowest BCUT2D eigenvalue weighted by Gasteiger charge is -2.39. The van der Waals surface area contributed by atoms with Crippen LogP contribution in [0.4, 0.5) is 0 Å². The Bertz CT molecular complexity index is 507. The van der Waals surface area contributed by atoms with Gasteiger partial charge in [-0.3, -0.25) is 4.79 Å². The molecular weight excluding hydrogens is 379 g/mol. The van der Waals surface area contributed by atoms with Gasteiger partial charge in [0.2, 0.25) is 0 Å². The summed E-state index contributed by atoms with van der Waals surface area (Å²) in [4.78, 5) is 14.7. The van der Waals surface area contributed by atoms with Crippen molar-refractivity contribution >= 4 is 28.5 Å². The van der Waals surface area contributed by atoms with Gasteiger partial charge in [-0.15, -0.1) is 0 Å². The van der Waals surface area contributed by atoms with E-state index in [0.29, 0.717) is 24.6 Å². The molecule has 3 N–H and O–H groups in total. The molecule has 21 heavy (non-hydrogen) atoms. The fourth-order valence-electron chi connectivity index (χ4n) is 3.24. The summed E-state index contributed by atoms with van der Waals surface area (Å²) in [5, 5.41) is 10.00. The van der Waals surface area contributed by atoms with Gasteiger partial charge in [0.1, 0.15) is 5.75 Å². The molecule has 116 valence electrons. The second kappa shape index (κ2) is 7.45. The van der Waals surface area contributed by atoms with Gasteiger partial charge in [-0.1, -0.05) is 12.8 Å². The third kappa shape index (κ3) is 3.69. The monoisotopic (exact) mass is 402 g/mol. The predicted molar refractivity (Wildman–Crippen MR) is 92.3 cm³/mol. The molecule has 2 rings (SSSR count). The minimum absolute atomic E-state index is 0.0546. The van der Waals surface area contributed by atoms with Gasteiger partial charge in [0, 0.05) is 16.2 Å². The fraction of sp³-hybridized carbons (Fsp3) is 0.562. The summed E-state index contributed by atoms with van der Waals surface area (Å²) >= 11 is 2.16. The highest BCUT2D eigenvalue weighted by Gasteiger charge is 2.32. The van der Waals surface area contributed by atoms with E-state index in [9.17, 15) is 9.90 Å². The molecule has 1 aliphatic carbocycles. The Morgan fingerprint density at radius 1 is 1.43 bits per heavy atom. The zero-order valence-electron chi connectivity index (χ0n) is 12.4. The van der Waals surface area contributed by atoms with E-state index in [-0.39, 0.29) is 17.7 Å². The Kier molecular flexibility index (Phi) is 5.87. The Hall–Kier alpha value is -0.820. The third-order valence-electron chi connectivity index (χ3n) is 4.36. The molecule has 0 aliphatic heterocycles. The van der Waals surface area contributed by atoms with Crippen LogP contribution < -0.4 is 5.73 Å². The number of carbonyl (C=O) groups excluding carboxylic acids is 1. The molecule has 1 fully saturated rings. The first kappa shape index (κ1) is 16.5. The van der Waals surface area contributed by atoms with Crippen molar-refractivity contribution in [3.05, 3.63) is 27.3 Å². The fourth-order valence-corrected chi connectivity index (χ4v) is 3.73. The highest BCUT2D eigenvalue weighted by atomic mass is 127. The summed E-state index contributed by atoms with van der Waals surface area (Å²) in [5.41, 5.74) is 6.28. The van der Waals surface area contributed by atoms with Crippen LogP contribution in [0.2, 0.25) is 0 Å². The van der Waals surface area contributed by atoms with Crippen molar-refractivity contribution in [3.8, 4) is 5.75 Å². The topological polar surface area (TPSA) is 66.6 Å². The number of amides is 1. The number of nitrogens with two attached hydrogens (primary N) is 1.